The minimum absolute atomic E-state index is 0.00231. The van der Waals surface area contributed by atoms with Crippen LogP contribution in [0.2, 0.25) is 0 Å². The summed E-state index contributed by atoms with van der Waals surface area (Å²) in [5.74, 6) is -1.05. The lowest BCUT2D eigenvalue weighted by atomic mass is 10.2. The Hall–Kier alpha value is -1.91. The molecule has 14 heavy (non-hydrogen) atoms. The van der Waals surface area contributed by atoms with Gasteiger partial charge in [0.2, 0.25) is 0 Å². The van der Waals surface area contributed by atoms with Gasteiger partial charge in [-0.15, -0.1) is 0 Å². The van der Waals surface area contributed by atoms with Crippen molar-refractivity contribution >= 4 is 17.0 Å². The average molecular weight is 191 g/mol. The van der Waals surface area contributed by atoms with Crippen molar-refractivity contribution in [3.8, 4) is 0 Å². The smallest absolute Gasteiger partial charge is 0.358 e. The fraction of sp³-hybridized carbons (Fsp3) is 0.222. The third-order valence-electron chi connectivity index (χ3n) is 2.03. The lowest BCUT2D eigenvalue weighted by Gasteiger charge is -1.94. The summed E-state index contributed by atoms with van der Waals surface area (Å²) in [7, 11) is 1.70. The van der Waals surface area contributed by atoms with Gasteiger partial charge in [-0.3, -0.25) is 9.67 Å². The molecular formula is C9H9N3O2. The molecule has 0 aliphatic rings. The zero-order chi connectivity index (χ0) is 10.3. The Morgan fingerprint density at radius 1 is 1.57 bits per heavy atom. The maximum absolute atomic E-state index is 10.8. The second kappa shape index (κ2) is 2.80. The van der Waals surface area contributed by atoms with E-state index in [1.54, 1.807) is 13.2 Å². The lowest BCUT2D eigenvalue weighted by molar-refractivity contribution is 0.0691. The summed E-state index contributed by atoms with van der Waals surface area (Å²) in [5, 5.41) is 12.7. The van der Waals surface area contributed by atoms with Crippen LogP contribution in [0, 0.1) is 6.92 Å². The zero-order valence-corrected chi connectivity index (χ0v) is 7.85. The molecule has 0 atom stereocenters. The van der Waals surface area contributed by atoms with Crippen molar-refractivity contribution in [1.29, 1.82) is 0 Å². The van der Waals surface area contributed by atoms with Gasteiger partial charge in [-0.25, -0.2) is 4.79 Å². The normalized spacial score (nSPS) is 10.7. The predicted molar refractivity (Wildman–Crippen MR) is 50.2 cm³/mol. The average Bonchev–Trinajstić information content (AvgIpc) is 2.44. The van der Waals surface area contributed by atoms with Crippen LogP contribution in [-0.4, -0.2) is 25.8 Å². The van der Waals surface area contributed by atoms with Crippen LogP contribution in [0.4, 0.5) is 0 Å². The van der Waals surface area contributed by atoms with Gasteiger partial charge < -0.3 is 5.11 Å². The van der Waals surface area contributed by atoms with Crippen LogP contribution in [0.1, 0.15) is 16.1 Å². The minimum atomic E-state index is -1.05. The number of nitrogens with zero attached hydrogens (tertiary/aromatic N) is 3. The predicted octanol–water partition coefficient (Wildman–Crippen LogP) is 0.975. The van der Waals surface area contributed by atoms with E-state index in [-0.39, 0.29) is 5.69 Å². The van der Waals surface area contributed by atoms with Gasteiger partial charge in [0.25, 0.3) is 0 Å². The topological polar surface area (TPSA) is 68.0 Å². The standard InChI is InChI=1S/C9H9N3O2/c1-5-3-6-7(10-4-5)8(9(13)14)11-12(6)2/h3-4H,1-2H3,(H,13,14). The highest BCUT2D eigenvalue weighted by Crippen LogP contribution is 2.16. The molecule has 0 aliphatic carbocycles. The van der Waals surface area contributed by atoms with Gasteiger partial charge in [-0.05, 0) is 18.6 Å². The van der Waals surface area contributed by atoms with Gasteiger partial charge in [0, 0.05) is 13.2 Å². The number of carbonyl (C=O) groups is 1. The summed E-state index contributed by atoms with van der Waals surface area (Å²) in [5.41, 5.74) is 2.16. The van der Waals surface area contributed by atoms with E-state index in [1.807, 2.05) is 13.0 Å². The highest BCUT2D eigenvalue weighted by molar-refractivity contribution is 5.99. The number of hydrogen-bond acceptors (Lipinski definition) is 3. The molecule has 5 nitrogen and oxygen atoms in total. The van der Waals surface area contributed by atoms with Crippen molar-refractivity contribution in [2.24, 2.45) is 7.05 Å². The first-order valence-corrected chi connectivity index (χ1v) is 4.12. The number of fused-ring (bicyclic) bond motifs is 1. The maximum atomic E-state index is 10.8. The molecule has 2 rings (SSSR count). The molecule has 2 aromatic heterocycles. The molecule has 0 saturated heterocycles. The van der Waals surface area contributed by atoms with E-state index in [9.17, 15) is 4.79 Å². The molecular weight excluding hydrogens is 182 g/mol. The van der Waals surface area contributed by atoms with Crippen LogP contribution in [0.15, 0.2) is 12.3 Å². The molecule has 0 saturated carbocycles. The van der Waals surface area contributed by atoms with Crippen molar-refractivity contribution < 1.29 is 9.90 Å². The molecule has 0 fully saturated rings. The van der Waals surface area contributed by atoms with Gasteiger partial charge in [-0.1, -0.05) is 0 Å². The summed E-state index contributed by atoms with van der Waals surface area (Å²) >= 11 is 0. The van der Waals surface area contributed by atoms with Crippen LogP contribution in [0.3, 0.4) is 0 Å². The third kappa shape index (κ3) is 1.14. The third-order valence-corrected chi connectivity index (χ3v) is 2.03. The molecule has 1 N–H and O–H groups in total. The number of aromatic carboxylic acids is 1. The molecule has 0 bridgehead atoms. The number of carboxylic acid groups (broad SMARTS) is 1. The summed E-state index contributed by atoms with van der Waals surface area (Å²) in [4.78, 5) is 14.9. The highest BCUT2D eigenvalue weighted by atomic mass is 16.4. The van der Waals surface area contributed by atoms with Crippen molar-refractivity contribution in [3.63, 3.8) is 0 Å². The van der Waals surface area contributed by atoms with Gasteiger partial charge in [-0.2, -0.15) is 5.10 Å². The van der Waals surface area contributed by atoms with Gasteiger partial charge >= 0.3 is 5.97 Å². The van der Waals surface area contributed by atoms with E-state index >= 15 is 0 Å². The SMILES string of the molecule is Cc1cnc2c(C(=O)O)nn(C)c2c1. The monoisotopic (exact) mass is 191 g/mol. The minimum Gasteiger partial charge on any atom is -0.476 e. The van der Waals surface area contributed by atoms with Crippen molar-refractivity contribution in [3.05, 3.63) is 23.5 Å². The van der Waals surface area contributed by atoms with Crippen LogP contribution < -0.4 is 0 Å². The molecule has 72 valence electrons. The first kappa shape index (κ1) is 8.68. The van der Waals surface area contributed by atoms with E-state index in [1.165, 1.54) is 4.68 Å². The van der Waals surface area contributed by atoms with Crippen molar-refractivity contribution in [2.45, 2.75) is 6.92 Å². The van der Waals surface area contributed by atoms with Gasteiger partial charge in [0.15, 0.2) is 5.69 Å². The Labute approximate surface area is 80.0 Å². The quantitative estimate of drug-likeness (QED) is 0.729. The number of rotatable bonds is 1. The second-order valence-electron chi connectivity index (χ2n) is 3.16. The number of pyridine rings is 1. The Balaban J connectivity index is 2.84. The number of carboxylic acids is 1. The van der Waals surface area contributed by atoms with Crippen LogP contribution in [0.5, 0.6) is 0 Å². The van der Waals surface area contributed by atoms with Gasteiger partial charge in [0.05, 0.1) is 5.52 Å². The Kier molecular flexibility index (Phi) is 1.73. The summed E-state index contributed by atoms with van der Waals surface area (Å²) in [6.45, 7) is 1.90. The van der Waals surface area contributed by atoms with Crippen LogP contribution in [-0.2, 0) is 7.05 Å². The fourth-order valence-corrected chi connectivity index (χ4v) is 1.38. The maximum Gasteiger partial charge on any atom is 0.358 e. The molecule has 0 amide bonds. The van der Waals surface area contributed by atoms with Crippen molar-refractivity contribution in [1.82, 2.24) is 14.8 Å². The van der Waals surface area contributed by atoms with E-state index in [0.717, 1.165) is 11.1 Å². The number of hydrogen-bond donors (Lipinski definition) is 1. The molecule has 5 heteroatoms. The van der Waals surface area contributed by atoms with Crippen molar-refractivity contribution in [2.75, 3.05) is 0 Å². The molecule has 2 heterocycles. The molecule has 0 radical (unpaired) electrons. The Morgan fingerprint density at radius 3 is 2.93 bits per heavy atom. The summed E-state index contributed by atoms with van der Waals surface area (Å²) in [6, 6.07) is 1.86. The number of aryl methyl sites for hydroxylation is 2. The molecule has 2 aromatic rings. The number of aromatic nitrogens is 3. The van der Waals surface area contributed by atoms with Crippen LogP contribution >= 0.6 is 0 Å². The van der Waals surface area contributed by atoms with E-state index in [4.69, 9.17) is 5.11 Å². The van der Waals surface area contributed by atoms with E-state index in [0.29, 0.717) is 5.52 Å². The first-order chi connectivity index (χ1) is 6.59. The summed E-state index contributed by atoms with van der Waals surface area (Å²) < 4.78 is 1.53. The summed E-state index contributed by atoms with van der Waals surface area (Å²) in [6.07, 6.45) is 1.64. The molecule has 0 spiro atoms. The van der Waals surface area contributed by atoms with Crippen LogP contribution in [0.25, 0.3) is 11.0 Å². The van der Waals surface area contributed by atoms with E-state index in [2.05, 4.69) is 10.1 Å². The highest BCUT2D eigenvalue weighted by Gasteiger charge is 2.15. The molecule has 0 unspecified atom stereocenters. The first-order valence-electron chi connectivity index (χ1n) is 4.12. The molecule has 0 aliphatic heterocycles. The Morgan fingerprint density at radius 2 is 2.29 bits per heavy atom. The van der Waals surface area contributed by atoms with Gasteiger partial charge in [0.1, 0.15) is 5.52 Å². The lowest BCUT2D eigenvalue weighted by Crippen LogP contribution is -1.99. The fourth-order valence-electron chi connectivity index (χ4n) is 1.38. The molecule has 0 aromatic carbocycles. The van der Waals surface area contributed by atoms with E-state index < -0.39 is 5.97 Å². The Bertz CT molecular complexity index is 516. The largest absolute Gasteiger partial charge is 0.476 e. The zero-order valence-electron chi connectivity index (χ0n) is 7.85. The second-order valence-corrected chi connectivity index (χ2v) is 3.16.